The van der Waals surface area contributed by atoms with Crippen molar-refractivity contribution in [1.29, 1.82) is 0 Å². The number of pyridine rings is 1. The maximum absolute atomic E-state index is 11.4. The number of carboxylic acids is 1. The summed E-state index contributed by atoms with van der Waals surface area (Å²) >= 11 is 0. The van der Waals surface area contributed by atoms with Crippen LogP contribution in [0.25, 0.3) is 0 Å². The van der Waals surface area contributed by atoms with Crippen LogP contribution in [-0.4, -0.2) is 29.7 Å². The summed E-state index contributed by atoms with van der Waals surface area (Å²) in [4.78, 5) is 14.2. The van der Waals surface area contributed by atoms with Gasteiger partial charge in [-0.05, 0) is 19.1 Å². The molecule has 2 N–H and O–H groups in total. The lowest BCUT2D eigenvalue weighted by Gasteiger charge is -2.10. The molecule has 7 heteroatoms. The van der Waals surface area contributed by atoms with Crippen molar-refractivity contribution in [2.45, 2.75) is 12.2 Å². The van der Waals surface area contributed by atoms with Crippen LogP contribution in [0, 0.1) is 0 Å². The summed E-state index contributed by atoms with van der Waals surface area (Å²) in [6, 6.07) is 2.87. The third kappa shape index (κ3) is 2.91. The number of aliphatic carboxylic acids is 1. The molecule has 1 rings (SSSR count). The first-order valence-electron chi connectivity index (χ1n) is 4.08. The summed E-state index contributed by atoms with van der Waals surface area (Å²) in [5.41, 5.74) is 0.290. The first-order valence-corrected chi connectivity index (χ1v) is 5.62. The molecule has 0 saturated carbocycles. The van der Waals surface area contributed by atoms with Crippen LogP contribution in [0.4, 0.5) is 5.69 Å². The van der Waals surface area contributed by atoms with E-state index in [0.717, 1.165) is 6.92 Å². The van der Waals surface area contributed by atoms with Crippen molar-refractivity contribution in [3.05, 3.63) is 24.5 Å². The molecule has 1 aromatic heterocycles. The van der Waals surface area contributed by atoms with Crippen LogP contribution in [0.1, 0.15) is 6.92 Å². The van der Waals surface area contributed by atoms with Gasteiger partial charge in [0.2, 0.25) is 10.0 Å². The number of nitrogens with zero attached hydrogens (tertiary/aromatic N) is 1. The summed E-state index contributed by atoms with van der Waals surface area (Å²) in [6.45, 7) is 1.10. The average Bonchev–Trinajstić information content (AvgIpc) is 2.17. The molecule has 0 spiro atoms. The van der Waals surface area contributed by atoms with Crippen molar-refractivity contribution >= 4 is 21.7 Å². The number of aromatic nitrogens is 1. The van der Waals surface area contributed by atoms with E-state index in [1.807, 2.05) is 0 Å². The van der Waals surface area contributed by atoms with Crippen molar-refractivity contribution in [2.24, 2.45) is 0 Å². The van der Waals surface area contributed by atoms with Crippen molar-refractivity contribution in [3.63, 3.8) is 0 Å². The minimum atomic E-state index is -3.89. The van der Waals surface area contributed by atoms with Crippen LogP contribution < -0.4 is 4.72 Å². The predicted molar refractivity (Wildman–Crippen MR) is 53.9 cm³/mol. The highest BCUT2D eigenvalue weighted by molar-refractivity contribution is 7.94. The Hall–Kier alpha value is -1.63. The molecule has 0 aliphatic heterocycles. The molecule has 0 fully saturated rings. The zero-order chi connectivity index (χ0) is 11.5. The first-order chi connectivity index (χ1) is 6.93. The molecule has 0 bridgehead atoms. The third-order valence-corrected chi connectivity index (χ3v) is 3.41. The molecular formula is C8H10N2O4S. The van der Waals surface area contributed by atoms with E-state index in [-0.39, 0.29) is 5.69 Å². The van der Waals surface area contributed by atoms with E-state index in [1.165, 1.54) is 24.5 Å². The molecule has 1 atom stereocenters. The van der Waals surface area contributed by atoms with Gasteiger partial charge in [-0.25, -0.2) is 8.42 Å². The van der Waals surface area contributed by atoms with Gasteiger partial charge < -0.3 is 5.11 Å². The van der Waals surface area contributed by atoms with E-state index in [2.05, 4.69) is 9.71 Å². The fraction of sp³-hybridized carbons (Fsp3) is 0.250. The largest absolute Gasteiger partial charge is 0.480 e. The molecule has 1 heterocycles. The maximum atomic E-state index is 11.4. The van der Waals surface area contributed by atoms with E-state index >= 15 is 0 Å². The van der Waals surface area contributed by atoms with Crippen molar-refractivity contribution in [3.8, 4) is 0 Å². The number of carbonyl (C=O) groups is 1. The van der Waals surface area contributed by atoms with Gasteiger partial charge in [0.05, 0.1) is 5.69 Å². The van der Waals surface area contributed by atoms with Crippen LogP contribution in [0.3, 0.4) is 0 Å². The zero-order valence-electron chi connectivity index (χ0n) is 7.91. The molecule has 1 aromatic rings. The molecule has 6 nitrogen and oxygen atoms in total. The number of sulfonamides is 1. The molecule has 1 unspecified atom stereocenters. The number of hydrogen-bond donors (Lipinski definition) is 2. The molecule has 82 valence electrons. The molecular weight excluding hydrogens is 220 g/mol. The van der Waals surface area contributed by atoms with Gasteiger partial charge in [0.15, 0.2) is 5.25 Å². The van der Waals surface area contributed by atoms with Crippen LogP contribution in [0.2, 0.25) is 0 Å². The van der Waals surface area contributed by atoms with Crippen molar-refractivity contribution in [1.82, 2.24) is 4.98 Å². The normalized spacial score (nSPS) is 13.1. The molecule has 15 heavy (non-hydrogen) atoms. The highest BCUT2D eigenvalue weighted by Crippen LogP contribution is 2.10. The SMILES string of the molecule is CC(C(=O)O)S(=O)(=O)Nc1ccncc1. The Morgan fingerprint density at radius 1 is 1.47 bits per heavy atom. The molecule has 0 aliphatic carbocycles. The standard InChI is InChI=1S/C8H10N2O4S/c1-6(8(11)12)15(13,14)10-7-2-4-9-5-3-7/h2-6H,1H3,(H,9,10)(H,11,12). The number of nitrogens with one attached hydrogen (secondary N) is 1. The average molecular weight is 230 g/mol. The smallest absolute Gasteiger partial charge is 0.323 e. The van der Waals surface area contributed by atoms with Gasteiger partial charge in [0, 0.05) is 12.4 Å². The molecule has 0 amide bonds. The third-order valence-electron chi connectivity index (χ3n) is 1.75. The lowest BCUT2D eigenvalue weighted by molar-refractivity contribution is -0.136. The van der Waals surface area contributed by atoms with Crippen molar-refractivity contribution in [2.75, 3.05) is 4.72 Å². The second-order valence-corrected chi connectivity index (χ2v) is 4.86. The Morgan fingerprint density at radius 2 is 2.00 bits per heavy atom. The van der Waals surface area contributed by atoms with Gasteiger partial charge in [-0.2, -0.15) is 0 Å². The minimum Gasteiger partial charge on any atom is -0.480 e. The highest BCUT2D eigenvalue weighted by Gasteiger charge is 2.27. The number of hydrogen-bond acceptors (Lipinski definition) is 4. The fourth-order valence-electron chi connectivity index (χ4n) is 0.805. The van der Waals surface area contributed by atoms with Gasteiger partial charge in [-0.3, -0.25) is 14.5 Å². The maximum Gasteiger partial charge on any atom is 0.323 e. The minimum absolute atomic E-state index is 0.290. The molecule has 0 aliphatic rings. The van der Waals surface area contributed by atoms with E-state index in [0.29, 0.717) is 0 Å². The lowest BCUT2D eigenvalue weighted by Crippen LogP contribution is -2.32. The van der Waals surface area contributed by atoms with Gasteiger partial charge in [-0.15, -0.1) is 0 Å². The van der Waals surface area contributed by atoms with Crippen LogP contribution in [0.5, 0.6) is 0 Å². The Kier molecular flexibility index (Phi) is 3.25. The number of anilines is 1. The topological polar surface area (TPSA) is 96.4 Å². The highest BCUT2D eigenvalue weighted by atomic mass is 32.2. The van der Waals surface area contributed by atoms with E-state index in [9.17, 15) is 13.2 Å². The van der Waals surface area contributed by atoms with E-state index in [4.69, 9.17) is 5.11 Å². The first kappa shape index (κ1) is 11.4. The molecule has 0 radical (unpaired) electrons. The zero-order valence-corrected chi connectivity index (χ0v) is 8.73. The fourth-order valence-corrected chi connectivity index (χ4v) is 1.71. The number of rotatable bonds is 4. The van der Waals surface area contributed by atoms with Crippen LogP contribution in [0.15, 0.2) is 24.5 Å². The molecule has 0 aromatic carbocycles. The van der Waals surface area contributed by atoms with Gasteiger partial charge in [0.1, 0.15) is 0 Å². The Labute approximate surface area is 87.0 Å². The van der Waals surface area contributed by atoms with Gasteiger partial charge >= 0.3 is 5.97 Å². The van der Waals surface area contributed by atoms with E-state index < -0.39 is 21.2 Å². The second kappa shape index (κ2) is 4.26. The Balaban J connectivity index is 2.87. The Bertz CT molecular complexity index is 443. The second-order valence-electron chi connectivity index (χ2n) is 2.86. The van der Waals surface area contributed by atoms with Gasteiger partial charge in [0.25, 0.3) is 0 Å². The van der Waals surface area contributed by atoms with Crippen LogP contribution >= 0.6 is 0 Å². The summed E-state index contributed by atoms with van der Waals surface area (Å²) in [6.07, 6.45) is 2.81. The Morgan fingerprint density at radius 3 is 2.47 bits per heavy atom. The van der Waals surface area contributed by atoms with Crippen LogP contribution in [-0.2, 0) is 14.8 Å². The molecule has 0 saturated heterocycles. The quantitative estimate of drug-likeness (QED) is 0.775. The predicted octanol–water partition coefficient (Wildman–Crippen LogP) is 0.296. The van der Waals surface area contributed by atoms with Crippen molar-refractivity contribution < 1.29 is 18.3 Å². The van der Waals surface area contributed by atoms with E-state index in [1.54, 1.807) is 0 Å². The number of carboxylic acid groups (broad SMARTS) is 1. The summed E-state index contributed by atoms with van der Waals surface area (Å²) in [5.74, 6) is -1.39. The summed E-state index contributed by atoms with van der Waals surface area (Å²) < 4.78 is 25.0. The summed E-state index contributed by atoms with van der Waals surface area (Å²) in [7, 11) is -3.89. The van der Waals surface area contributed by atoms with Gasteiger partial charge in [-0.1, -0.05) is 0 Å². The monoisotopic (exact) mass is 230 g/mol. The summed E-state index contributed by atoms with van der Waals surface area (Å²) in [5, 5.41) is 7.07. The lowest BCUT2D eigenvalue weighted by atomic mass is 10.4.